The third kappa shape index (κ3) is 1.68. The Hall–Kier alpha value is -1.02. The van der Waals surface area contributed by atoms with E-state index in [9.17, 15) is 0 Å². The molecule has 0 spiro atoms. The van der Waals surface area contributed by atoms with Gasteiger partial charge in [0, 0.05) is 12.2 Å². The van der Waals surface area contributed by atoms with Gasteiger partial charge >= 0.3 is 0 Å². The molecule has 1 fully saturated rings. The lowest BCUT2D eigenvalue weighted by atomic mass is 9.97. The summed E-state index contributed by atoms with van der Waals surface area (Å²) in [7, 11) is 2.17. The van der Waals surface area contributed by atoms with Crippen molar-refractivity contribution >= 4 is 5.69 Å². The minimum Gasteiger partial charge on any atom is -0.398 e. The van der Waals surface area contributed by atoms with Crippen molar-refractivity contribution in [1.29, 1.82) is 0 Å². The van der Waals surface area contributed by atoms with Crippen molar-refractivity contribution in [2.75, 3.05) is 25.9 Å². The summed E-state index contributed by atoms with van der Waals surface area (Å²) in [5.41, 5.74) is 8.20. The lowest BCUT2D eigenvalue weighted by Gasteiger charge is -2.12. The Kier molecular flexibility index (Phi) is 2.23. The zero-order valence-corrected chi connectivity index (χ0v) is 8.03. The number of anilines is 1. The van der Waals surface area contributed by atoms with E-state index in [2.05, 4.69) is 24.1 Å². The molecule has 0 saturated carbocycles. The van der Waals surface area contributed by atoms with Crippen molar-refractivity contribution < 1.29 is 0 Å². The van der Waals surface area contributed by atoms with Crippen LogP contribution in [0.15, 0.2) is 24.3 Å². The topological polar surface area (TPSA) is 29.3 Å². The largest absolute Gasteiger partial charge is 0.398 e. The molecule has 2 heteroatoms. The molecule has 0 aliphatic carbocycles. The maximum atomic E-state index is 5.93. The molecule has 70 valence electrons. The quantitative estimate of drug-likeness (QED) is 0.660. The molecule has 2 N–H and O–H groups in total. The molecule has 1 aliphatic rings. The van der Waals surface area contributed by atoms with Gasteiger partial charge in [-0.1, -0.05) is 18.2 Å². The van der Waals surface area contributed by atoms with Gasteiger partial charge in [-0.25, -0.2) is 0 Å². The van der Waals surface area contributed by atoms with Crippen LogP contribution in [0.4, 0.5) is 5.69 Å². The van der Waals surface area contributed by atoms with Gasteiger partial charge in [-0.2, -0.15) is 0 Å². The van der Waals surface area contributed by atoms with Gasteiger partial charge in [0.1, 0.15) is 0 Å². The third-order valence-corrected chi connectivity index (χ3v) is 2.83. The molecule has 1 heterocycles. The number of hydrogen-bond acceptors (Lipinski definition) is 2. The van der Waals surface area contributed by atoms with Crippen molar-refractivity contribution in [3.8, 4) is 0 Å². The minimum atomic E-state index is 0.645. The molecule has 1 saturated heterocycles. The summed E-state index contributed by atoms with van der Waals surface area (Å²) in [6, 6.07) is 8.22. The molecule has 1 aliphatic heterocycles. The summed E-state index contributed by atoms with van der Waals surface area (Å²) in [4.78, 5) is 2.36. The van der Waals surface area contributed by atoms with E-state index in [1.165, 1.54) is 18.5 Å². The minimum absolute atomic E-state index is 0.645. The Balaban J connectivity index is 2.21. The fourth-order valence-corrected chi connectivity index (χ4v) is 2.07. The summed E-state index contributed by atoms with van der Waals surface area (Å²) >= 11 is 0. The number of likely N-dealkylation sites (N-methyl/N-ethyl adjacent to an activating group) is 1. The van der Waals surface area contributed by atoms with Crippen molar-refractivity contribution in [2.24, 2.45) is 0 Å². The average molecular weight is 176 g/mol. The number of para-hydroxylation sites is 1. The van der Waals surface area contributed by atoms with Crippen LogP contribution in [0.2, 0.25) is 0 Å². The smallest absolute Gasteiger partial charge is 0.0349 e. The monoisotopic (exact) mass is 176 g/mol. The average Bonchev–Trinajstić information content (AvgIpc) is 2.53. The summed E-state index contributed by atoms with van der Waals surface area (Å²) in [5.74, 6) is 0.645. The number of hydrogen-bond donors (Lipinski definition) is 1. The lowest BCUT2D eigenvalue weighted by Crippen LogP contribution is -2.13. The van der Waals surface area contributed by atoms with E-state index >= 15 is 0 Å². The normalized spacial score (nSPS) is 23.6. The van der Waals surface area contributed by atoms with Crippen LogP contribution in [-0.4, -0.2) is 25.0 Å². The molecule has 0 radical (unpaired) electrons. The molecule has 0 amide bonds. The summed E-state index contributed by atoms with van der Waals surface area (Å²) in [5, 5.41) is 0. The van der Waals surface area contributed by atoms with Gasteiger partial charge in [-0.15, -0.1) is 0 Å². The summed E-state index contributed by atoms with van der Waals surface area (Å²) in [6.07, 6.45) is 1.24. The van der Waals surface area contributed by atoms with Gasteiger partial charge in [0.15, 0.2) is 0 Å². The first-order chi connectivity index (χ1) is 6.27. The Morgan fingerprint density at radius 1 is 1.38 bits per heavy atom. The number of rotatable bonds is 1. The van der Waals surface area contributed by atoms with E-state index in [0.717, 1.165) is 12.2 Å². The van der Waals surface area contributed by atoms with E-state index in [-0.39, 0.29) is 0 Å². The molecule has 1 aromatic rings. The first kappa shape index (κ1) is 8.57. The van der Waals surface area contributed by atoms with E-state index in [1.807, 2.05) is 12.1 Å². The second kappa shape index (κ2) is 3.38. The van der Waals surface area contributed by atoms with Gasteiger partial charge in [0.05, 0.1) is 0 Å². The molecule has 1 unspecified atom stereocenters. The van der Waals surface area contributed by atoms with E-state index < -0.39 is 0 Å². The molecular weight excluding hydrogens is 160 g/mol. The van der Waals surface area contributed by atoms with E-state index in [1.54, 1.807) is 0 Å². The first-order valence-electron chi connectivity index (χ1n) is 4.80. The molecule has 1 aromatic carbocycles. The number of likely N-dealkylation sites (tertiary alicyclic amines) is 1. The second-order valence-corrected chi connectivity index (χ2v) is 3.88. The van der Waals surface area contributed by atoms with Crippen LogP contribution in [0.1, 0.15) is 17.9 Å². The SMILES string of the molecule is CN1CCC(c2ccccc2N)C1. The van der Waals surface area contributed by atoms with Gasteiger partial charge in [-0.05, 0) is 37.6 Å². The van der Waals surface area contributed by atoms with Crippen LogP contribution in [-0.2, 0) is 0 Å². The predicted molar refractivity (Wildman–Crippen MR) is 55.7 cm³/mol. The van der Waals surface area contributed by atoms with Crippen LogP contribution in [0, 0.1) is 0 Å². The number of nitrogen functional groups attached to an aromatic ring is 1. The highest BCUT2D eigenvalue weighted by atomic mass is 15.1. The molecule has 13 heavy (non-hydrogen) atoms. The number of nitrogens with zero attached hydrogens (tertiary/aromatic N) is 1. The van der Waals surface area contributed by atoms with Crippen molar-refractivity contribution in [3.63, 3.8) is 0 Å². The summed E-state index contributed by atoms with van der Waals surface area (Å²) < 4.78 is 0. The number of nitrogens with two attached hydrogens (primary N) is 1. The fourth-order valence-electron chi connectivity index (χ4n) is 2.07. The predicted octanol–water partition coefficient (Wildman–Crippen LogP) is 1.69. The van der Waals surface area contributed by atoms with Crippen LogP contribution < -0.4 is 5.73 Å². The molecule has 1 atom stereocenters. The Morgan fingerprint density at radius 3 is 2.77 bits per heavy atom. The van der Waals surface area contributed by atoms with Crippen LogP contribution in [0.5, 0.6) is 0 Å². The van der Waals surface area contributed by atoms with E-state index in [4.69, 9.17) is 5.73 Å². The highest BCUT2D eigenvalue weighted by Crippen LogP contribution is 2.29. The molecule has 0 aromatic heterocycles. The lowest BCUT2D eigenvalue weighted by molar-refractivity contribution is 0.411. The first-order valence-corrected chi connectivity index (χ1v) is 4.80. The maximum absolute atomic E-state index is 5.93. The Morgan fingerprint density at radius 2 is 2.15 bits per heavy atom. The number of benzene rings is 1. The highest BCUT2D eigenvalue weighted by Gasteiger charge is 2.22. The van der Waals surface area contributed by atoms with Gasteiger partial charge in [0.2, 0.25) is 0 Å². The van der Waals surface area contributed by atoms with Gasteiger partial charge in [0.25, 0.3) is 0 Å². The van der Waals surface area contributed by atoms with Crippen molar-refractivity contribution in [1.82, 2.24) is 4.90 Å². The molecule has 2 rings (SSSR count). The Bertz CT molecular complexity index is 296. The Labute approximate surface area is 79.4 Å². The fraction of sp³-hybridized carbons (Fsp3) is 0.455. The van der Waals surface area contributed by atoms with Gasteiger partial charge < -0.3 is 10.6 Å². The highest BCUT2D eigenvalue weighted by molar-refractivity contribution is 5.48. The zero-order valence-electron chi connectivity index (χ0n) is 8.03. The maximum Gasteiger partial charge on any atom is 0.0349 e. The van der Waals surface area contributed by atoms with Crippen LogP contribution >= 0.6 is 0 Å². The third-order valence-electron chi connectivity index (χ3n) is 2.83. The second-order valence-electron chi connectivity index (χ2n) is 3.88. The molecule has 0 bridgehead atoms. The van der Waals surface area contributed by atoms with Crippen LogP contribution in [0.25, 0.3) is 0 Å². The van der Waals surface area contributed by atoms with Crippen molar-refractivity contribution in [3.05, 3.63) is 29.8 Å². The van der Waals surface area contributed by atoms with Crippen molar-refractivity contribution in [2.45, 2.75) is 12.3 Å². The van der Waals surface area contributed by atoms with Crippen LogP contribution in [0.3, 0.4) is 0 Å². The standard InChI is InChI=1S/C11H16N2/c1-13-7-6-9(8-13)10-4-2-3-5-11(10)12/h2-5,9H,6-8,12H2,1H3. The van der Waals surface area contributed by atoms with E-state index in [0.29, 0.717) is 5.92 Å². The zero-order chi connectivity index (χ0) is 9.26. The molecule has 2 nitrogen and oxygen atoms in total. The summed E-state index contributed by atoms with van der Waals surface area (Å²) in [6.45, 7) is 2.34. The van der Waals surface area contributed by atoms with Gasteiger partial charge in [-0.3, -0.25) is 0 Å². The molecular formula is C11H16N2.